The number of hydrogen-bond acceptors (Lipinski definition) is 5. The standard InChI is InChI=1S/C13H23N5O2/c1-4-18-15-10(2)11(16-18)8-17-7-5-6-13(17,9-20-3)12(14)19/h4-9H2,1-3H3,(H2,14,19). The van der Waals surface area contributed by atoms with Crippen LogP contribution in [0.4, 0.5) is 0 Å². The van der Waals surface area contributed by atoms with E-state index in [0.717, 1.165) is 37.3 Å². The number of hydrogen-bond donors (Lipinski definition) is 1. The fourth-order valence-corrected chi connectivity index (χ4v) is 2.85. The molecule has 1 aliphatic rings. The van der Waals surface area contributed by atoms with E-state index >= 15 is 0 Å². The van der Waals surface area contributed by atoms with Crippen LogP contribution < -0.4 is 5.73 Å². The molecule has 0 aromatic carbocycles. The predicted octanol–water partition coefficient (Wildman–Crippen LogP) is 0.0727. The first-order valence-electron chi connectivity index (χ1n) is 6.98. The Morgan fingerprint density at radius 1 is 1.50 bits per heavy atom. The summed E-state index contributed by atoms with van der Waals surface area (Å²) in [6.07, 6.45) is 1.67. The molecular formula is C13H23N5O2. The van der Waals surface area contributed by atoms with Crippen LogP contribution in [-0.2, 0) is 22.6 Å². The van der Waals surface area contributed by atoms with Gasteiger partial charge in [0.15, 0.2) is 0 Å². The van der Waals surface area contributed by atoms with Gasteiger partial charge in [-0.05, 0) is 33.2 Å². The van der Waals surface area contributed by atoms with E-state index in [2.05, 4.69) is 15.1 Å². The number of aryl methyl sites for hydroxylation is 2. The average molecular weight is 281 g/mol. The Morgan fingerprint density at radius 3 is 2.80 bits per heavy atom. The van der Waals surface area contributed by atoms with E-state index < -0.39 is 5.54 Å². The molecule has 20 heavy (non-hydrogen) atoms. The lowest BCUT2D eigenvalue weighted by atomic mass is 9.96. The zero-order valence-electron chi connectivity index (χ0n) is 12.4. The molecule has 0 saturated carbocycles. The number of methoxy groups -OCH3 is 1. The molecule has 7 heteroatoms. The summed E-state index contributed by atoms with van der Waals surface area (Å²) in [5.74, 6) is -0.322. The molecule has 0 bridgehead atoms. The molecule has 0 aliphatic carbocycles. The van der Waals surface area contributed by atoms with Gasteiger partial charge in [0.25, 0.3) is 0 Å². The number of likely N-dealkylation sites (tertiary alicyclic amines) is 1. The van der Waals surface area contributed by atoms with Gasteiger partial charge in [0.2, 0.25) is 5.91 Å². The molecule has 1 atom stereocenters. The molecule has 1 saturated heterocycles. The second-order valence-corrected chi connectivity index (χ2v) is 5.27. The van der Waals surface area contributed by atoms with Crippen LogP contribution in [-0.4, -0.2) is 51.6 Å². The Kier molecular flexibility index (Phi) is 4.39. The van der Waals surface area contributed by atoms with Gasteiger partial charge < -0.3 is 10.5 Å². The van der Waals surface area contributed by atoms with Crippen molar-refractivity contribution in [1.82, 2.24) is 19.9 Å². The third-order valence-corrected chi connectivity index (χ3v) is 4.01. The van der Waals surface area contributed by atoms with E-state index in [4.69, 9.17) is 10.5 Å². The Labute approximate surface area is 119 Å². The van der Waals surface area contributed by atoms with Crippen molar-refractivity contribution in [3.8, 4) is 0 Å². The van der Waals surface area contributed by atoms with Crippen LogP contribution in [0.2, 0.25) is 0 Å². The molecular weight excluding hydrogens is 258 g/mol. The van der Waals surface area contributed by atoms with Crippen molar-refractivity contribution in [2.75, 3.05) is 20.3 Å². The van der Waals surface area contributed by atoms with E-state index in [-0.39, 0.29) is 5.91 Å². The molecule has 0 radical (unpaired) electrons. The number of rotatable bonds is 6. The second kappa shape index (κ2) is 5.88. The van der Waals surface area contributed by atoms with E-state index in [9.17, 15) is 4.79 Å². The number of nitrogens with two attached hydrogens (primary N) is 1. The fraction of sp³-hybridized carbons (Fsp3) is 0.769. The molecule has 1 unspecified atom stereocenters. The fourth-order valence-electron chi connectivity index (χ4n) is 2.85. The van der Waals surface area contributed by atoms with Crippen LogP contribution >= 0.6 is 0 Å². The van der Waals surface area contributed by atoms with Crippen LogP contribution in [0.3, 0.4) is 0 Å². The van der Waals surface area contributed by atoms with Crippen LogP contribution in [0.5, 0.6) is 0 Å². The summed E-state index contributed by atoms with van der Waals surface area (Å²) in [4.78, 5) is 15.7. The predicted molar refractivity (Wildman–Crippen MR) is 73.9 cm³/mol. The van der Waals surface area contributed by atoms with Gasteiger partial charge in [-0.25, -0.2) is 0 Å². The van der Waals surface area contributed by atoms with E-state index in [0.29, 0.717) is 13.2 Å². The second-order valence-electron chi connectivity index (χ2n) is 5.27. The van der Waals surface area contributed by atoms with Gasteiger partial charge in [-0.15, -0.1) is 0 Å². The summed E-state index contributed by atoms with van der Waals surface area (Å²) in [5.41, 5.74) is 6.72. The van der Waals surface area contributed by atoms with Gasteiger partial charge in [0, 0.05) is 13.7 Å². The molecule has 1 aliphatic heterocycles. The summed E-state index contributed by atoms with van der Waals surface area (Å²) in [7, 11) is 1.60. The van der Waals surface area contributed by atoms with Crippen molar-refractivity contribution in [3.05, 3.63) is 11.4 Å². The number of nitrogens with zero attached hydrogens (tertiary/aromatic N) is 4. The van der Waals surface area contributed by atoms with Crippen LogP contribution in [0, 0.1) is 6.92 Å². The van der Waals surface area contributed by atoms with Crippen molar-refractivity contribution in [2.24, 2.45) is 5.73 Å². The number of aromatic nitrogens is 3. The summed E-state index contributed by atoms with van der Waals surface area (Å²) in [6.45, 7) is 6.40. The highest BCUT2D eigenvalue weighted by molar-refractivity contribution is 5.85. The molecule has 7 nitrogen and oxygen atoms in total. The molecule has 0 spiro atoms. The number of amides is 1. The highest BCUT2D eigenvalue weighted by Gasteiger charge is 2.46. The van der Waals surface area contributed by atoms with E-state index in [1.165, 1.54) is 0 Å². The topological polar surface area (TPSA) is 86.3 Å². The Morgan fingerprint density at radius 2 is 2.25 bits per heavy atom. The average Bonchev–Trinajstić information content (AvgIpc) is 2.96. The van der Waals surface area contributed by atoms with E-state index in [1.807, 2.05) is 13.8 Å². The smallest absolute Gasteiger partial charge is 0.240 e. The number of carbonyl (C=O) groups is 1. The zero-order chi connectivity index (χ0) is 14.8. The maximum atomic E-state index is 11.9. The van der Waals surface area contributed by atoms with Gasteiger partial charge >= 0.3 is 0 Å². The molecule has 1 fully saturated rings. The van der Waals surface area contributed by atoms with E-state index in [1.54, 1.807) is 11.9 Å². The third kappa shape index (κ3) is 2.55. The van der Waals surface area contributed by atoms with Crippen molar-refractivity contribution >= 4 is 5.91 Å². The molecule has 112 valence electrons. The van der Waals surface area contributed by atoms with Crippen molar-refractivity contribution in [3.63, 3.8) is 0 Å². The lowest BCUT2D eigenvalue weighted by Crippen LogP contribution is -2.56. The van der Waals surface area contributed by atoms with Gasteiger partial charge in [0.1, 0.15) is 5.54 Å². The summed E-state index contributed by atoms with van der Waals surface area (Å²) in [6, 6.07) is 0. The number of primary amides is 1. The minimum atomic E-state index is -0.711. The minimum absolute atomic E-state index is 0.322. The first-order chi connectivity index (χ1) is 9.53. The first kappa shape index (κ1) is 14.9. The Balaban J connectivity index is 2.22. The third-order valence-electron chi connectivity index (χ3n) is 4.01. The van der Waals surface area contributed by atoms with Crippen molar-refractivity contribution in [2.45, 2.75) is 45.3 Å². The maximum Gasteiger partial charge on any atom is 0.240 e. The lowest BCUT2D eigenvalue weighted by Gasteiger charge is -2.34. The zero-order valence-corrected chi connectivity index (χ0v) is 12.4. The van der Waals surface area contributed by atoms with Gasteiger partial charge in [-0.3, -0.25) is 9.69 Å². The molecule has 2 heterocycles. The first-order valence-corrected chi connectivity index (χ1v) is 6.98. The Bertz CT molecular complexity index is 487. The molecule has 2 N–H and O–H groups in total. The quantitative estimate of drug-likeness (QED) is 0.797. The highest BCUT2D eigenvalue weighted by atomic mass is 16.5. The summed E-state index contributed by atoms with van der Waals surface area (Å²) in [5, 5.41) is 8.79. The molecule has 1 aromatic rings. The normalized spacial score (nSPS) is 23.4. The van der Waals surface area contributed by atoms with Gasteiger partial charge in [0.05, 0.1) is 24.5 Å². The highest BCUT2D eigenvalue weighted by Crippen LogP contribution is 2.31. The molecule has 1 amide bonds. The lowest BCUT2D eigenvalue weighted by molar-refractivity contribution is -0.132. The summed E-state index contributed by atoms with van der Waals surface area (Å²) >= 11 is 0. The number of ether oxygens (including phenoxy) is 1. The van der Waals surface area contributed by atoms with Crippen LogP contribution in [0.1, 0.15) is 31.2 Å². The van der Waals surface area contributed by atoms with Gasteiger partial charge in [-0.2, -0.15) is 15.0 Å². The van der Waals surface area contributed by atoms with Crippen LogP contribution in [0.25, 0.3) is 0 Å². The van der Waals surface area contributed by atoms with Crippen LogP contribution in [0.15, 0.2) is 0 Å². The van der Waals surface area contributed by atoms with Gasteiger partial charge in [-0.1, -0.05) is 0 Å². The monoisotopic (exact) mass is 281 g/mol. The molecule has 1 aromatic heterocycles. The number of carbonyl (C=O) groups excluding carboxylic acids is 1. The van der Waals surface area contributed by atoms with Crippen molar-refractivity contribution < 1.29 is 9.53 Å². The SMILES string of the molecule is CCn1nc(C)c(CN2CCCC2(COC)C(N)=O)n1. The minimum Gasteiger partial charge on any atom is -0.382 e. The maximum absolute atomic E-state index is 11.9. The Hall–Kier alpha value is -1.47. The summed E-state index contributed by atoms with van der Waals surface area (Å²) < 4.78 is 5.23. The van der Waals surface area contributed by atoms with Crippen molar-refractivity contribution in [1.29, 1.82) is 0 Å². The largest absolute Gasteiger partial charge is 0.382 e. The molecule has 2 rings (SSSR count).